The van der Waals surface area contributed by atoms with Crippen LogP contribution in [0.2, 0.25) is 0 Å². The van der Waals surface area contributed by atoms with E-state index in [9.17, 15) is 14.0 Å². The van der Waals surface area contributed by atoms with Crippen LogP contribution < -0.4 is 5.32 Å². The zero-order valence-electron chi connectivity index (χ0n) is 12.9. The van der Waals surface area contributed by atoms with Crippen LogP contribution in [0, 0.1) is 5.82 Å². The van der Waals surface area contributed by atoms with Gasteiger partial charge in [0.25, 0.3) is 5.91 Å². The molecule has 2 amide bonds. The van der Waals surface area contributed by atoms with Gasteiger partial charge in [0.15, 0.2) is 11.5 Å². The quantitative estimate of drug-likeness (QED) is 0.855. The van der Waals surface area contributed by atoms with E-state index in [0.29, 0.717) is 37.7 Å². The van der Waals surface area contributed by atoms with Gasteiger partial charge in [-0.05, 0) is 30.3 Å². The number of carbonyl (C=O) groups excluding carboxylic acids is 2. The van der Waals surface area contributed by atoms with Crippen LogP contribution in [-0.2, 0) is 4.79 Å². The van der Waals surface area contributed by atoms with E-state index in [1.165, 1.54) is 12.1 Å². The van der Waals surface area contributed by atoms with E-state index in [1.54, 1.807) is 34.1 Å². The fraction of sp³-hybridized carbons (Fsp3) is 0.250. The van der Waals surface area contributed by atoms with Crippen LogP contribution in [0.5, 0.6) is 0 Å². The second-order valence-corrected chi connectivity index (χ2v) is 5.37. The van der Waals surface area contributed by atoms with Gasteiger partial charge in [0.05, 0.1) is 0 Å². The van der Waals surface area contributed by atoms with Crippen LogP contribution in [0.4, 0.5) is 15.9 Å². The number of hydrogen-bond donors (Lipinski definition) is 1. The van der Waals surface area contributed by atoms with Crippen LogP contribution >= 0.6 is 0 Å². The van der Waals surface area contributed by atoms with Crippen molar-refractivity contribution < 1.29 is 14.0 Å². The summed E-state index contributed by atoms with van der Waals surface area (Å²) in [6.45, 7) is 1.98. The molecule has 2 heterocycles. The first-order valence-electron chi connectivity index (χ1n) is 7.50. The molecule has 7 nitrogen and oxygen atoms in total. The number of nitrogens with one attached hydrogen (secondary N) is 1. The number of carbonyl (C=O) groups is 2. The number of piperazine rings is 1. The van der Waals surface area contributed by atoms with E-state index in [-0.39, 0.29) is 17.4 Å². The molecule has 1 aliphatic heterocycles. The van der Waals surface area contributed by atoms with E-state index in [0.717, 1.165) is 6.41 Å². The number of benzene rings is 1. The van der Waals surface area contributed by atoms with Gasteiger partial charge < -0.3 is 15.1 Å². The van der Waals surface area contributed by atoms with Crippen LogP contribution in [-0.4, -0.2) is 58.5 Å². The van der Waals surface area contributed by atoms with Crippen molar-refractivity contribution in [2.24, 2.45) is 0 Å². The average molecular weight is 329 g/mol. The molecule has 3 rings (SSSR count). The van der Waals surface area contributed by atoms with Gasteiger partial charge in [0.1, 0.15) is 5.82 Å². The lowest BCUT2D eigenvalue weighted by Crippen LogP contribution is -2.48. The summed E-state index contributed by atoms with van der Waals surface area (Å²) < 4.78 is 13.1. The fourth-order valence-electron chi connectivity index (χ4n) is 2.42. The summed E-state index contributed by atoms with van der Waals surface area (Å²) in [6.07, 6.45) is 0.786. The highest BCUT2D eigenvalue weighted by atomic mass is 19.1. The maximum atomic E-state index is 13.1. The first-order valence-corrected chi connectivity index (χ1v) is 7.50. The molecule has 0 aliphatic carbocycles. The minimum Gasteiger partial charge on any atom is -0.342 e. The highest BCUT2D eigenvalue weighted by Crippen LogP contribution is 2.15. The molecule has 1 aromatic heterocycles. The third-order valence-corrected chi connectivity index (χ3v) is 3.73. The molecule has 124 valence electrons. The first kappa shape index (κ1) is 15.9. The number of aromatic nitrogens is 2. The largest absolute Gasteiger partial charge is 0.342 e. The molecule has 1 aliphatic rings. The van der Waals surface area contributed by atoms with E-state index in [1.807, 2.05) is 0 Å². The van der Waals surface area contributed by atoms with Gasteiger partial charge in [0, 0.05) is 31.9 Å². The Bertz CT molecular complexity index is 730. The Hall–Kier alpha value is -3.03. The molecule has 0 atom stereocenters. The number of hydrogen-bond acceptors (Lipinski definition) is 5. The smallest absolute Gasteiger partial charge is 0.274 e. The van der Waals surface area contributed by atoms with Crippen molar-refractivity contribution in [2.45, 2.75) is 0 Å². The Morgan fingerprint density at radius 1 is 1.12 bits per heavy atom. The number of anilines is 2. The van der Waals surface area contributed by atoms with E-state index in [4.69, 9.17) is 0 Å². The Morgan fingerprint density at radius 3 is 2.54 bits per heavy atom. The number of amides is 2. The SMILES string of the molecule is O=CN1CCN(C(=O)c2ccc(Nc3cccc(F)c3)nn2)CC1. The normalized spacial score (nSPS) is 14.4. The zero-order valence-corrected chi connectivity index (χ0v) is 12.9. The summed E-state index contributed by atoms with van der Waals surface area (Å²) in [4.78, 5) is 26.3. The van der Waals surface area contributed by atoms with Gasteiger partial charge in [-0.25, -0.2) is 4.39 Å². The van der Waals surface area contributed by atoms with Crippen LogP contribution in [0.1, 0.15) is 10.5 Å². The van der Waals surface area contributed by atoms with Crippen molar-refractivity contribution in [3.05, 3.63) is 47.9 Å². The second kappa shape index (κ2) is 7.03. The summed E-state index contributed by atoms with van der Waals surface area (Å²) in [5, 5.41) is 10.8. The summed E-state index contributed by atoms with van der Waals surface area (Å²) in [6, 6.07) is 9.17. The van der Waals surface area contributed by atoms with Crippen molar-refractivity contribution in [3.63, 3.8) is 0 Å². The minimum atomic E-state index is -0.353. The summed E-state index contributed by atoms with van der Waals surface area (Å²) in [5.41, 5.74) is 0.785. The van der Waals surface area contributed by atoms with Gasteiger partial charge in [-0.3, -0.25) is 9.59 Å². The lowest BCUT2D eigenvalue weighted by molar-refractivity contribution is -0.119. The van der Waals surface area contributed by atoms with Gasteiger partial charge in [-0.2, -0.15) is 0 Å². The van der Waals surface area contributed by atoms with Crippen molar-refractivity contribution in [1.82, 2.24) is 20.0 Å². The number of nitrogens with zero attached hydrogens (tertiary/aromatic N) is 4. The molecule has 2 aromatic rings. The molecule has 8 heteroatoms. The van der Waals surface area contributed by atoms with Gasteiger partial charge in [-0.15, -0.1) is 10.2 Å². The van der Waals surface area contributed by atoms with Crippen molar-refractivity contribution >= 4 is 23.8 Å². The van der Waals surface area contributed by atoms with Crippen molar-refractivity contribution in [3.8, 4) is 0 Å². The van der Waals surface area contributed by atoms with Crippen molar-refractivity contribution in [2.75, 3.05) is 31.5 Å². The summed E-state index contributed by atoms with van der Waals surface area (Å²) >= 11 is 0. The molecule has 0 radical (unpaired) electrons. The Morgan fingerprint density at radius 2 is 1.92 bits per heavy atom. The van der Waals surface area contributed by atoms with E-state index < -0.39 is 0 Å². The van der Waals surface area contributed by atoms with Gasteiger partial charge >= 0.3 is 0 Å². The molecule has 0 bridgehead atoms. The highest BCUT2D eigenvalue weighted by Gasteiger charge is 2.22. The Kier molecular flexibility index (Phi) is 4.64. The van der Waals surface area contributed by atoms with Gasteiger partial charge in [-0.1, -0.05) is 6.07 Å². The molecule has 1 N–H and O–H groups in total. The zero-order chi connectivity index (χ0) is 16.9. The Balaban J connectivity index is 1.64. The maximum absolute atomic E-state index is 13.1. The van der Waals surface area contributed by atoms with Crippen LogP contribution in [0.25, 0.3) is 0 Å². The molecule has 0 saturated carbocycles. The van der Waals surface area contributed by atoms with E-state index >= 15 is 0 Å². The lowest BCUT2D eigenvalue weighted by Gasteiger charge is -2.32. The molecular formula is C16H16FN5O2. The summed E-state index contributed by atoms with van der Waals surface area (Å²) in [7, 11) is 0. The van der Waals surface area contributed by atoms with Crippen LogP contribution in [0.15, 0.2) is 36.4 Å². The molecule has 1 aromatic carbocycles. The van der Waals surface area contributed by atoms with Crippen molar-refractivity contribution in [1.29, 1.82) is 0 Å². The van der Waals surface area contributed by atoms with E-state index in [2.05, 4.69) is 15.5 Å². The molecule has 1 saturated heterocycles. The predicted octanol–water partition coefficient (Wildman–Crippen LogP) is 1.27. The highest BCUT2D eigenvalue weighted by molar-refractivity contribution is 5.92. The Labute approximate surface area is 138 Å². The topological polar surface area (TPSA) is 78.4 Å². The minimum absolute atomic E-state index is 0.217. The van der Waals surface area contributed by atoms with Gasteiger partial charge in [0.2, 0.25) is 6.41 Å². The second-order valence-electron chi connectivity index (χ2n) is 5.37. The molecule has 1 fully saturated rings. The molecule has 24 heavy (non-hydrogen) atoms. The summed E-state index contributed by atoms with van der Waals surface area (Å²) in [5.74, 6) is -0.150. The maximum Gasteiger partial charge on any atom is 0.274 e. The number of rotatable bonds is 4. The monoisotopic (exact) mass is 329 g/mol. The molecule has 0 spiro atoms. The lowest BCUT2D eigenvalue weighted by atomic mass is 10.2. The standard InChI is InChI=1S/C16H16FN5O2/c17-12-2-1-3-13(10-12)18-15-5-4-14(19-20-15)16(24)22-8-6-21(11-23)7-9-22/h1-5,10-11H,6-9H2,(H,18,20). The molecule has 0 unspecified atom stereocenters. The third-order valence-electron chi connectivity index (χ3n) is 3.73. The van der Waals surface area contributed by atoms with Crippen LogP contribution in [0.3, 0.4) is 0 Å². The molecular weight excluding hydrogens is 313 g/mol. The predicted molar refractivity (Wildman–Crippen MR) is 85.3 cm³/mol. The first-order chi connectivity index (χ1) is 11.7. The number of halogens is 1. The fourth-order valence-corrected chi connectivity index (χ4v) is 2.42. The average Bonchev–Trinajstić information content (AvgIpc) is 2.62. The third kappa shape index (κ3) is 3.65.